The first-order valence-electron chi connectivity index (χ1n) is 5.12. The first kappa shape index (κ1) is 9.25. The van der Waals surface area contributed by atoms with Crippen LogP contribution in [0.25, 0.3) is 0 Å². The van der Waals surface area contributed by atoms with E-state index in [-0.39, 0.29) is 0 Å². The van der Waals surface area contributed by atoms with Crippen molar-refractivity contribution in [1.29, 1.82) is 0 Å². The third kappa shape index (κ3) is 2.34. The number of hydrogen-bond donors (Lipinski definition) is 0. The van der Waals surface area contributed by atoms with Crippen molar-refractivity contribution in [3.63, 3.8) is 0 Å². The molecule has 1 nitrogen and oxygen atoms in total. The molecule has 0 aromatic carbocycles. The molecule has 2 fully saturated rings. The topological polar surface area (TPSA) is 3.24 Å². The maximum atomic E-state index is 2.68. The van der Waals surface area contributed by atoms with Crippen LogP contribution in [0.2, 0.25) is 0 Å². The average molecular weight is 279 g/mol. The van der Waals surface area contributed by atoms with Crippen molar-refractivity contribution in [2.24, 2.45) is 11.8 Å². The van der Waals surface area contributed by atoms with Gasteiger partial charge in [0.15, 0.2) is 0 Å². The highest BCUT2D eigenvalue weighted by atomic mass is 127. The van der Waals surface area contributed by atoms with Crippen LogP contribution >= 0.6 is 22.6 Å². The van der Waals surface area contributed by atoms with E-state index in [0.717, 1.165) is 15.8 Å². The summed E-state index contributed by atoms with van der Waals surface area (Å²) in [4.78, 5) is 2.68. The predicted octanol–water partition coefficient (Wildman–Crippen LogP) is 2.54. The van der Waals surface area contributed by atoms with Crippen molar-refractivity contribution in [2.45, 2.75) is 30.1 Å². The smallest absolute Gasteiger partial charge is 0.0263 e. The molecule has 0 aromatic rings. The van der Waals surface area contributed by atoms with Crippen LogP contribution in [0.4, 0.5) is 0 Å². The lowest BCUT2D eigenvalue weighted by molar-refractivity contribution is 0.197. The molecule has 0 bridgehead atoms. The Kier molecular flexibility index (Phi) is 2.95. The van der Waals surface area contributed by atoms with E-state index in [2.05, 4.69) is 34.4 Å². The van der Waals surface area contributed by atoms with Gasteiger partial charge < -0.3 is 4.90 Å². The molecule has 1 heterocycles. The summed E-state index contributed by atoms with van der Waals surface area (Å²) >= 11 is 2.62. The second kappa shape index (κ2) is 3.82. The van der Waals surface area contributed by atoms with Gasteiger partial charge in [-0.15, -0.1) is 0 Å². The van der Waals surface area contributed by atoms with Crippen LogP contribution in [-0.2, 0) is 0 Å². The molecule has 12 heavy (non-hydrogen) atoms. The first-order valence-corrected chi connectivity index (χ1v) is 6.36. The molecule has 2 aliphatic rings. The van der Waals surface area contributed by atoms with Crippen molar-refractivity contribution >= 4 is 22.6 Å². The van der Waals surface area contributed by atoms with Crippen molar-refractivity contribution in [2.75, 3.05) is 19.6 Å². The van der Waals surface area contributed by atoms with Crippen molar-refractivity contribution in [1.82, 2.24) is 4.90 Å². The summed E-state index contributed by atoms with van der Waals surface area (Å²) in [5.41, 5.74) is 0. The number of hydrogen-bond acceptors (Lipinski definition) is 1. The Labute approximate surface area is 89.0 Å². The normalized spacial score (nSPS) is 38.5. The standard InChI is InChI=1S/C10H18IN/c1-8-4-5-12(7-10(8)11)6-9-2-3-9/h8-10H,2-7H2,1H3/t8-,10+/m0/s1. The molecule has 1 aliphatic carbocycles. The molecule has 70 valence electrons. The van der Waals surface area contributed by atoms with Gasteiger partial charge >= 0.3 is 0 Å². The average Bonchev–Trinajstić information content (AvgIpc) is 2.81. The van der Waals surface area contributed by atoms with Crippen LogP contribution in [0.15, 0.2) is 0 Å². The fourth-order valence-corrected chi connectivity index (χ4v) is 2.83. The van der Waals surface area contributed by atoms with Crippen LogP contribution < -0.4 is 0 Å². The Morgan fingerprint density at radius 2 is 2.08 bits per heavy atom. The Morgan fingerprint density at radius 1 is 1.33 bits per heavy atom. The summed E-state index contributed by atoms with van der Waals surface area (Å²) in [5.74, 6) is 2.02. The molecule has 0 unspecified atom stereocenters. The summed E-state index contributed by atoms with van der Waals surface area (Å²) in [6, 6.07) is 0. The van der Waals surface area contributed by atoms with E-state index in [1.807, 2.05) is 0 Å². The van der Waals surface area contributed by atoms with Crippen LogP contribution in [0.3, 0.4) is 0 Å². The Hall–Kier alpha value is 0.690. The van der Waals surface area contributed by atoms with Crippen LogP contribution in [0.1, 0.15) is 26.2 Å². The maximum Gasteiger partial charge on any atom is 0.0263 e. The van der Waals surface area contributed by atoms with Gasteiger partial charge in [0.2, 0.25) is 0 Å². The van der Waals surface area contributed by atoms with Gasteiger partial charge in [-0.05, 0) is 37.6 Å². The summed E-state index contributed by atoms with van der Waals surface area (Å²) in [6.07, 6.45) is 4.41. The maximum absolute atomic E-state index is 2.68. The van der Waals surface area contributed by atoms with E-state index >= 15 is 0 Å². The molecule has 2 rings (SSSR count). The lowest BCUT2D eigenvalue weighted by atomic mass is 9.99. The number of halogens is 1. The highest BCUT2D eigenvalue weighted by Gasteiger charge is 2.29. The zero-order valence-electron chi connectivity index (χ0n) is 7.80. The molecule has 1 saturated heterocycles. The third-order valence-corrected chi connectivity index (χ3v) is 4.79. The van der Waals surface area contributed by atoms with E-state index in [9.17, 15) is 0 Å². The van der Waals surface area contributed by atoms with Gasteiger partial charge in [0.05, 0.1) is 0 Å². The van der Waals surface area contributed by atoms with Gasteiger partial charge in [-0.3, -0.25) is 0 Å². The monoisotopic (exact) mass is 279 g/mol. The second-order valence-electron chi connectivity index (χ2n) is 4.48. The number of rotatable bonds is 2. The molecule has 2 atom stereocenters. The quantitative estimate of drug-likeness (QED) is 0.554. The molecular weight excluding hydrogens is 261 g/mol. The molecular formula is C10H18IN. The molecule has 0 spiro atoms. The molecule has 0 N–H and O–H groups in total. The van der Waals surface area contributed by atoms with Gasteiger partial charge in [-0.25, -0.2) is 0 Å². The van der Waals surface area contributed by atoms with Gasteiger partial charge in [0.25, 0.3) is 0 Å². The molecule has 2 heteroatoms. The molecule has 1 aliphatic heterocycles. The fourth-order valence-electron chi connectivity index (χ4n) is 1.92. The van der Waals surface area contributed by atoms with E-state index in [0.29, 0.717) is 0 Å². The van der Waals surface area contributed by atoms with Crippen molar-refractivity contribution in [3.8, 4) is 0 Å². The highest BCUT2D eigenvalue weighted by molar-refractivity contribution is 14.1. The summed E-state index contributed by atoms with van der Waals surface area (Å²) in [7, 11) is 0. The summed E-state index contributed by atoms with van der Waals surface area (Å²) in [6.45, 7) is 6.49. The minimum atomic E-state index is 0.898. The lowest BCUT2D eigenvalue weighted by Crippen LogP contribution is -2.40. The van der Waals surface area contributed by atoms with E-state index < -0.39 is 0 Å². The number of alkyl halides is 1. The Morgan fingerprint density at radius 3 is 2.67 bits per heavy atom. The molecule has 0 aromatic heterocycles. The zero-order chi connectivity index (χ0) is 8.55. The second-order valence-corrected chi connectivity index (χ2v) is 6.08. The predicted molar refractivity (Wildman–Crippen MR) is 60.8 cm³/mol. The van der Waals surface area contributed by atoms with E-state index in [4.69, 9.17) is 0 Å². The largest absolute Gasteiger partial charge is 0.302 e. The SMILES string of the molecule is C[C@H]1CCN(CC2CC2)C[C@H]1I. The molecule has 1 saturated carbocycles. The number of piperidine rings is 1. The van der Waals surface area contributed by atoms with Crippen LogP contribution in [-0.4, -0.2) is 28.5 Å². The zero-order valence-corrected chi connectivity index (χ0v) is 9.96. The van der Waals surface area contributed by atoms with E-state index in [1.54, 1.807) is 0 Å². The van der Waals surface area contributed by atoms with Gasteiger partial charge in [0.1, 0.15) is 0 Å². The van der Waals surface area contributed by atoms with E-state index in [1.165, 1.54) is 38.9 Å². The lowest BCUT2D eigenvalue weighted by Gasteiger charge is -2.34. The van der Waals surface area contributed by atoms with Gasteiger partial charge in [0, 0.05) is 17.0 Å². The highest BCUT2D eigenvalue weighted by Crippen LogP contribution is 2.32. The Balaban J connectivity index is 1.76. The minimum absolute atomic E-state index is 0.898. The van der Waals surface area contributed by atoms with Crippen molar-refractivity contribution < 1.29 is 0 Å². The molecule has 0 amide bonds. The van der Waals surface area contributed by atoms with Crippen molar-refractivity contribution in [3.05, 3.63) is 0 Å². The third-order valence-electron chi connectivity index (χ3n) is 3.16. The number of nitrogens with zero attached hydrogens (tertiary/aromatic N) is 1. The van der Waals surface area contributed by atoms with Crippen LogP contribution in [0, 0.1) is 11.8 Å². The fraction of sp³-hybridized carbons (Fsp3) is 1.00. The minimum Gasteiger partial charge on any atom is -0.302 e. The summed E-state index contributed by atoms with van der Waals surface area (Å²) in [5, 5.41) is 0. The molecule has 0 radical (unpaired) electrons. The van der Waals surface area contributed by atoms with Gasteiger partial charge in [-0.2, -0.15) is 0 Å². The van der Waals surface area contributed by atoms with Crippen LogP contribution in [0.5, 0.6) is 0 Å². The number of likely N-dealkylation sites (tertiary alicyclic amines) is 1. The van der Waals surface area contributed by atoms with Gasteiger partial charge in [-0.1, -0.05) is 29.5 Å². The first-order chi connectivity index (χ1) is 5.75. The summed E-state index contributed by atoms with van der Waals surface area (Å²) < 4.78 is 0.898. The Bertz CT molecular complexity index is 156.